The van der Waals surface area contributed by atoms with E-state index < -0.39 is 0 Å². The number of amides is 1. The minimum Gasteiger partial charge on any atom is -0.497 e. The molecule has 3 N–H and O–H groups in total. The molecule has 0 aliphatic heterocycles. The molecule has 1 aromatic rings. The molecule has 2 fully saturated rings. The second kappa shape index (κ2) is 6.06. The third-order valence-electron chi connectivity index (χ3n) is 5.12. The van der Waals surface area contributed by atoms with E-state index in [9.17, 15) is 4.79 Å². The number of fused-ring (bicyclic) bond motifs is 2. The van der Waals surface area contributed by atoms with Gasteiger partial charge in [0.1, 0.15) is 5.75 Å². The van der Waals surface area contributed by atoms with E-state index in [2.05, 4.69) is 5.32 Å². The lowest BCUT2D eigenvalue weighted by atomic mass is 9.65. The maximum atomic E-state index is 12.5. The summed E-state index contributed by atoms with van der Waals surface area (Å²) in [6.45, 7) is 0. The van der Waals surface area contributed by atoms with Crippen LogP contribution in [0.3, 0.4) is 0 Å². The summed E-state index contributed by atoms with van der Waals surface area (Å²) in [7, 11) is 1.63. The molecule has 1 aromatic carbocycles. The Hall–Kier alpha value is -1.55. The van der Waals surface area contributed by atoms with Crippen LogP contribution in [0.2, 0.25) is 0 Å². The average molecular weight is 288 g/mol. The van der Waals surface area contributed by atoms with Crippen LogP contribution >= 0.6 is 0 Å². The zero-order valence-corrected chi connectivity index (χ0v) is 12.5. The van der Waals surface area contributed by atoms with Crippen molar-refractivity contribution in [3.05, 3.63) is 24.3 Å². The topological polar surface area (TPSA) is 64.3 Å². The average Bonchev–Trinajstić information content (AvgIpc) is 2.47. The lowest BCUT2D eigenvalue weighted by Crippen LogP contribution is -2.48. The second-order valence-corrected chi connectivity index (χ2v) is 6.42. The first kappa shape index (κ1) is 14.4. The van der Waals surface area contributed by atoms with Crippen LogP contribution in [-0.2, 0) is 4.79 Å². The summed E-state index contributed by atoms with van der Waals surface area (Å²) in [5.41, 5.74) is 7.09. The number of rotatable bonds is 3. The summed E-state index contributed by atoms with van der Waals surface area (Å²) in [6, 6.07) is 7.82. The zero-order chi connectivity index (χ0) is 14.8. The number of benzene rings is 1. The molecule has 2 aliphatic rings. The van der Waals surface area contributed by atoms with Gasteiger partial charge in [0.2, 0.25) is 5.91 Å². The lowest BCUT2D eigenvalue weighted by Gasteiger charge is -2.43. The fourth-order valence-electron chi connectivity index (χ4n) is 3.95. The predicted molar refractivity (Wildman–Crippen MR) is 83.2 cm³/mol. The molecule has 21 heavy (non-hydrogen) atoms. The highest BCUT2D eigenvalue weighted by Crippen LogP contribution is 2.42. The van der Waals surface area contributed by atoms with E-state index in [0.717, 1.165) is 24.3 Å². The van der Waals surface area contributed by atoms with Gasteiger partial charge in [0, 0.05) is 23.7 Å². The van der Waals surface area contributed by atoms with Crippen LogP contribution in [0.1, 0.15) is 32.1 Å². The maximum Gasteiger partial charge on any atom is 0.227 e. The Bertz CT molecular complexity index is 503. The SMILES string of the molecule is COc1cccc(NC(=O)C2CC3CCCC(C2)C3N)c1. The number of methoxy groups -OCH3 is 1. The highest BCUT2D eigenvalue weighted by Gasteiger charge is 2.40. The van der Waals surface area contributed by atoms with Crippen molar-refractivity contribution in [3.63, 3.8) is 0 Å². The molecule has 2 saturated carbocycles. The number of anilines is 1. The van der Waals surface area contributed by atoms with Crippen LogP contribution < -0.4 is 15.8 Å². The Labute approximate surface area is 126 Å². The van der Waals surface area contributed by atoms with Crippen molar-refractivity contribution in [3.8, 4) is 5.75 Å². The standard InChI is InChI=1S/C17H24N2O2/c1-21-15-7-3-6-14(10-15)19-17(20)13-8-11-4-2-5-12(9-13)16(11)18/h3,6-7,10-13,16H,2,4-5,8-9,18H2,1H3,(H,19,20). The number of carbonyl (C=O) groups is 1. The molecule has 0 saturated heterocycles. The first-order chi connectivity index (χ1) is 10.2. The van der Waals surface area contributed by atoms with Gasteiger partial charge in [-0.05, 0) is 49.7 Å². The fraction of sp³-hybridized carbons (Fsp3) is 0.588. The number of nitrogens with two attached hydrogens (primary N) is 1. The molecule has 3 rings (SSSR count). The van der Waals surface area contributed by atoms with E-state index in [4.69, 9.17) is 10.5 Å². The Balaban J connectivity index is 1.65. The Morgan fingerprint density at radius 3 is 2.67 bits per heavy atom. The van der Waals surface area contributed by atoms with Gasteiger partial charge in [-0.2, -0.15) is 0 Å². The minimum absolute atomic E-state index is 0.103. The Morgan fingerprint density at radius 1 is 1.29 bits per heavy atom. The Kier molecular flexibility index (Phi) is 4.15. The predicted octanol–water partition coefficient (Wildman–Crippen LogP) is 2.79. The van der Waals surface area contributed by atoms with Crippen molar-refractivity contribution in [2.75, 3.05) is 12.4 Å². The first-order valence-electron chi connectivity index (χ1n) is 7.88. The summed E-state index contributed by atoms with van der Waals surface area (Å²) in [4.78, 5) is 12.5. The fourth-order valence-corrected chi connectivity index (χ4v) is 3.95. The monoisotopic (exact) mass is 288 g/mol. The molecule has 0 aromatic heterocycles. The number of hydrogen-bond acceptors (Lipinski definition) is 3. The molecule has 1 amide bonds. The second-order valence-electron chi connectivity index (χ2n) is 6.42. The van der Waals surface area contributed by atoms with Crippen molar-refractivity contribution in [2.45, 2.75) is 38.1 Å². The van der Waals surface area contributed by atoms with Gasteiger partial charge in [0.25, 0.3) is 0 Å². The van der Waals surface area contributed by atoms with Crippen LogP contribution in [0, 0.1) is 17.8 Å². The third-order valence-corrected chi connectivity index (χ3v) is 5.12. The van der Waals surface area contributed by atoms with Gasteiger partial charge in [-0.15, -0.1) is 0 Å². The molecule has 114 valence electrons. The van der Waals surface area contributed by atoms with Crippen molar-refractivity contribution in [2.24, 2.45) is 23.5 Å². The quantitative estimate of drug-likeness (QED) is 0.899. The van der Waals surface area contributed by atoms with E-state index in [1.807, 2.05) is 24.3 Å². The number of hydrogen-bond donors (Lipinski definition) is 2. The smallest absolute Gasteiger partial charge is 0.227 e. The molecule has 4 heteroatoms. The van der Waals surface area contributed by atoms with Crippen LogP contribution in [0.4, 0.5) is 5.69 Å². The molecule has 2 unspecified atom stereocenters. The Morgan fingerprint density at radius 2 is 2.00 bits per heavy atom. The zero-order valence-electron chi connectivity index (χ0n) is 12.5. The molecule has 0 heterocycles. The van der Waals surface area contributed by atoms with Gasteiger partial charge >= 0.3 is 0 Å². The van der Waals surface area contributed by atoms with E-state index in [1.165, 1.54) is 19.3 Å². The van der Waals surface area contributed by atoms with Gasteiger partial charge in [-0.1, -0.05) is 12.5 Å². The van der Waals surface area contributed by atoms with Crippen molar-refractivity contribution < 1.29 is 9.53 Å². The molecule has 2 bridgehead atoms. The van der Waals surface area contributed by atoms with Gasteiger partial charge < -0.3 is 15.8 Å². The lowest BCUT2D eigenvalue weighted by molar-refractivity contribution is -0.122. The number of ether oxygens (including phenoxy) is 1. The van der Waals surface area contributed by atoms with Crippen molar-refractivity contribution in [1.82, 2.24) is 0 Å². The molecule has 0 radical (unpaired) electrons. The van der Waals surface area contributed by atoms with Gasteiger partial charge in [-0.3, -0.25) is 4.79 Å². The third kappa shape index (κ3) is 3.05. The molecular weight excluding hydrogens is 264 g/mol. The van der Waals surface area contributed by atoms with Crippen molar-refractivity contribution in [1.29, 1.82) is 0 Å². The van der Waals surface area contributed by atoms with E-state index in [1.54, 1.807) is 7.11 Å². The summed E-state index contributed by atoms with van der Waals surface area (Å²) in [6.07, 6.45) is 5.51. The van der Waals surface area contributed by atoms with E-state index >= 15 is 0 Å². The molecule has 4 nitrogen and oxygen atoms in total. The molecule has 2 atom stereocenters. The number of carbonyl (C=O) groups excluding carboxylic acids is 1. The largest absolute Gasteiger partial charge is 0.497 e. The van der Waals surface area contributed by atoms with Gasteiger partial charge in [-0.25, -0.2) is 0 Å². The van der Waals surface area contributed by atoms with Crippen molar-refractivity contribution >= 4 is 11.6 Å². The molecular formula is C17H24N2O2. The minimum atomic E-state index is 0.103. The summed E-state index contributed by atoms with van der Waals surface area (Å²) in [5, 5.41) is 3.03. The van der Waals surface area contributed by atoms with Gasteiger partial charge in [0.15, 0.2) is 0 Å². The van der Waals surface area contributed by atoms with E-state index in [0.29, 0.717) is 17.9 Å². The summed E-state index contributed by atoms with van der Waals surface area (Å²) >= 11 is 0. The van der Waals surface area contributed by atoms with Crippen LogP contribution in [0.25, 0.3) is 0 Å². The van der Waals surface area contributed by atoms with E-state index in [-0.39, 0.29) is 11.8 Å². The van der Waals surface area contributed by atoms with Crippen LogP contribution in [0.15, 0.2) is 24.3 Å². The van der Waals surface area contributed by atoms with Crippen LogP contribution in [0.5, 0.6) is 5.75 Å². The normalized spacial score (nSPS) is 31.5. The highest BCUT2D eigenvalue weighted by molar-refractivity contribution is 5.92. The maximum absolute atomic E-state index is 12.5. The molecule has 2 aliphatic carbocycles. The summed E-state index contributed by atoms with van der Waals surface area (Å²) < 4.78 is 5.19. The first-order valence-corrected chi connectivity index (χ1v) is 7.88. The highest BCUT2D eigenvalue weighted by atomic mass is 16.5. The summed E-state index contributed by atoms with van der Waals surface area (Å²) in [5.74, 6) is 2.05. The number of nitrogens with one attached hydrogen (secondary N) is 1. The van der Waals surface area contributed by atoms with Gasteiger partial charge in [0.05, 0.1) is 7.11 Å². The van der Waals surface area contributed by atoms with Crippen LogP contribution in [-0.4, -0.2) is 19.1 Å². The molecule has 0 spiro atoms.